The minimum absolute atomic E-state index is 0.00632. The molecule has 2 atom stereocenters. The first-order chi connectivity index (χ1) is 13.6. The van der Waals surface area contributed by atoms with Crippen molar-refractivity contribution in [2.45, 2.75) is 31.0 Å². The van der Waals surface area contributed by atoms with E-state index in [0.717, 1.165) is 0 Å². The molecule has 154 valence electrons. The first-order valence-corrected chi connectivity index (χ1v) is 9.66. The lowest BCUT2D eigenvalue weighted by atomic mass is 9.77. The van der Waals surface area contributed by atoms with E-state index < -0.39 is 28.3 Å². The van der Waals surface area contributed by atoms with Crippen molar-refractivity contribution < 1.29 is 14.6 Å². The van der Waals surface area contributed by atoms with Crippen LogP contribution >= 0.6 is 23.2 Å². The zero-order chi connectivity index (χ0) is 21.4. The highest BCUT2D eigenvalue weighted by Gasteiger charge is 2.45. The zero-order valence-corrected chi connectivity index (χ0v) is 16.9. The molecule has 0 aliphatic heterocycles. The summed E-state index contributed by atoms with van der Waals surface area (Å²) in [5, 5.41) is 22.6. The van der Waals surface area contributed by atoms with Gasteiger partial charge in [-0.2, -0.15) is 0 Å². The molecule has 0 bridgehead atoms. The molecular formula is C20H19Cl2FN2O4. The van der Waals surface area contributed by atoms with Gasteiger partial charge in [0.05, 0.1) is 22.4 Å². The Labute approximate surface area is 174 Å². The van der Waals surface area contributed by atoms with Crippen molar-refractivity contribution in [3.63, 3.8) is 0 Å². The Kier molecular flexibility index (Phi) is 5.87. The predicted molar refractivity (Wildman–Crippen MR) is 110 cm³/mol. The molecule has 9 heteroatoms. The van der Waals surface area contributed by atoms with E-state index in [9.17, 15) is 24.2 Å². The number of hydrogen-bond acceptors (Lipinski definition) is 4. The molecule has 1 heterocycles. The van der Waals surface area contributed by atoms with Crippen molar-refractivity contribution in [3.05, 3.63) is 79.2 Å². The molecular weight excluding hydrogens is 422 g/mol. The average molecular weight is 441 g/mol. The van der Waals surface area contributed by atoms with Crippen molar-refractivity contribution in [1.82, 2.24) is 9.97 Å². The molecule has 3 rings (SSSR count). The van der Waals surface area contributed by atoms with Gasteiger partial charge in [-0.1, -0.05) is 29.8 Å². The first-order valence-electron chi connectivity index (χ1n) is 8.75. The zero-order valence-electron chi connectivity index (χ0n) is 15.4. The van der Waals surface area contributed by atoms with Gasteiger partial charge in [-0.25, -0.2) is 9.18 Å². The van der Waals surface area contributed by atoms with Crippen LogP contribution in [0.3, 0.4) is 0 Å². The van der Waals surface area contributed by atoms with E-state index >= 15 is 0 Å². The average Bonchev–Trinajstić information content (AvgIpc) is 2.66. The van der Waals surface area contributed by atoms with Crippen molar-refractivity contribution in [2.75, 3.05) is 5.88 Å². The molecule has 0 radical (unpaired) electrons. The maximum Gasteiger partial charge on any atom is 0.326 e. The topological polar surface area (TPSA) is 106 Å². The molecule has 4 N–H and O–H groups in total. The molecule has 2 aromatic carbocycles. The second-order valence-electron chi connectivity index (χ2n) is 7.29. The van der Waals surface area contributed by atoms with Gasteiger partial charge in [0.1, 0.15) is 5.60 Å². The molecule has 3 aromatic rings. The number of aliphatic hydroxyl groups is 2. The van der Waals surface area contributed by atoms with E-state index in [0.29, 0.717) is 10.6 Å². The third-order valence-electron chi connectivity index (χ3n) is 5.10. The van der Waals surface area contributed by atoms with Crippen LogP contribution in [0.5, 0.6) is 0 Å². The van der Waals surface area contributed by atoms with Gasteiger partial charge >= 0.3 is 5.69 Å². The summed E-state index contributed by atoms with van der Waals surface area (Å²) >= 11 is 11.9. The smallest absolute Gasteiger partial charge is 0.326 e. The SMILES string of the molecule is CC(O)(Cc1ccc2c(=O)[nH]c(=O)[nH]c2c1F)C(O)(CCl)Cc1ccc(Cl)cc1. The minimum atomic E-state index is -1.83. The largest absolute Gasteiger partial charge is 0.387 e. The summed E-state index contributed by atoms with van der Waals surface area (Å²) in [4.78, 5) is 27.6. The molecule has 0 amide bonds. The van der Waals surface area contributed by atoms with Crippen LogP contribution in [0.1, 0.15) is 18.1 Å². The molecule has 29 heavy (non-hydrogen) atoms. The van der Waals surface area contributed by atoms with E-state index in [1.807, 2.05) is 4.98 Å². The summed E-state index contributed by atoms with van der Waals surface area (Å²) in [6.45, 7) is 1.36. The van der Waals surface area contributed by atoms with E-state index in [-0.39, 0.29) is 35.2 Å². The monoisotopic (exact) mass is 440 g/mol. The summed E-state index contributed by atoms with van der Waals surface area (Å²) in [6, 6.07) is 9.37. The molecule has 0 aliphatic rings. The minimum Gasteiger partial charge on any atom is -0.387 e. The van der Waals surface area contributed by atoms with Gasteiger partial charge in [0.25, 0.3) is 5.56 Å². The lowest BCUT2D eigenvalue weighted by Crippen LogP contribution is -2.56. The fraction of sp³-hybridized carbons (Fsp3) is 0.300. The number of alkyl halides is 1. The molecule has 0 saturated carbocycles. The Balaban J connectivity index is 1.98. The highest BCUT2D eigenvalue weighted by molar-refractivity contribution is 6.30. The molecule has 0 aliphatic carbocycles. The molecule has 2 unspecified atom stereocenters. The number of halogens is 3. The molecule has 0 fully saturated rings. The van der Waals surface area contributed by atoms with Crippen molar-refractivity contribution in [1.29, 1.82) is 0 Å². The number of H-pyrrole nitrogens is 2. The predicted octanol–water partition coefficient (Wildman–Crippen LogP) is 2.52. The molecule has 1 aromatic heterocycles. The normalized spacial score (nSPS) is 15.8. The summed E-state index contributed by atoms with van der Waals surface area (Å²) in [5.74, 6) is -1.16. The third kappa shape index (κ3) is 4.23. The lowest BCUT2D eigenvalue weighted by molar-refractivity contribution is -0.127. The Morgan fingerprint density at radius 2 is 1.69 bits per heavy atom. The van der Waals surface area contributed by atoms with Crippen molar-refractivity contribution in [2.24, 2.45) is 0 Å². The van der Waals surface area contributed by atoms with Gasteiger partial charge in [0.2, 0.25) is 0 Å². The highest BCUT2D eigenvalue weighted by atomic mass is 35.5. The Bertz CT molecular complexity index is 1160. The van der Waals surface area contributed by atoms with E-state index in [2.05, 4.69) is 4.98 Å². The van der Waals surface area contributed by atoms with E-state index in [1.54, 1.807) is 24.3 Å². The van der Waals surface area contributed by atoms with Crippen LogP contribution in [-0.4, -0.2) is 37.3 Å². The van der Waals surface area contributed by atoms with Gasteiger partial charge in [0.15, 0.2) is 5.82 Å². The van der Waals surface area contributed by atoms with Gasteiger partial charge in [-0.15, -0.1) is 11.6 Å². The molecule has 0 saturated heterocycles. The number of fused-ring (bicyclic) bond motifs is 1. The van der Waals surface area contributed by atoms with Crippen LogP contribution in [0.4, 0.5) is 4.39 Å². The third-order valence-corrected chi connectivity index (χ3v) is 5.79. The fourth-order valence-corrected chi connectivity index (χ4v) is 3.75. The van der Waals surface area contributed by atoms with Crippen LogP contribution in [0.25, 0.3) is 10.9 Å². The van der Waals surface area contributed by atoms with E-state index in [1.165, 1.54) is 19.1 Å². The van der Waals surface area contributed by atoms with Crippen molar-refractivity contribution >= 4 is 34.1 Å². The quantitative estimate of drug-likeness (QED) is 0.441. The van der Waals surface area contributed by atoms with Crippen LogP contribution in [0.15, 0.2) is 46.0 Å². The van der Waals surface area contributed by atoms with Gasteiger partial charge in [-0.05, 0) is 36.2 Å². The second kappa shape index (κ2) is 7.91. The maximum atomic E-state index is 15.0. The van der Waals surface area contributed by atoms with Crippen LogP contribution < -0.4 is 11.2 Å². The standard InChI is InChI=1S/C20H19Cl2FN2O4/c1-19(28,20(29,10-21)8-11-2-5-13(22)6-3-11)9-12-4-7-14-16(15(12)23)24-18(27)25-17(14)26/h2-7,28-29H,8-10H2,1H3,(H2,24,25,26,27). The van der Waals surface area contributed by atoms with Gasteiger partial charge in [-0.3, -0.25) is 9.78 Å². The number of nitrogens with one attached hydrogen (secondary N) is 2. The summed E-state index contributed by atoms with van der Waals surface area (Å²) in [6.07, 6.45) is -0.299. The summed E-state index contributed by atoms with van der Waals surface area (Å²) in [5.41, 5.74) is -4.74. The highest BCUT2D eigenvalue weighted by Crippen LogP contribution is 2.33. The van der Waals surface area contributed by atoms with Crippen LogP contribution in [0.2, 0.25) is 5.02 Å². The van der Waals surface area contributed by atoms with Crippen molar-refractivity contribution in [3.8, 4) is 0 Å². The number of aromatic amines is 2. The summed E-state index contributed by atoms with van der Waals surface area (Å²) < 4.78 is 15.0. The van der Waals surface area contributed by atoms with Gasteiger partial charge < -0.3 is 15.2 Å². The van der Waals surface area contributed by atoms with Gasteiger partial charge in [0, 0.05) is 17.9 Å². The Hall–Kier alpha value is -2.19. The maximum absolute atomic E-state index is 15.0. The number of aromatic nitrogens is 2. The molecule has 0 spiro atoms. The number of benzene rings is 2. The number of hydrogen-bond donors (Lipinski definition) is 4. The summed E-state index contributed by atoms with van der Waals surface area (Å²) in [7, 11) is 0. The lowest BCUT2D eigenvalue weighted by Gasteiger charge is -2.40. The Morgan fingerprint density at radius 3 is 2.31 bits per heavy atom. The first kappa shape index (κ1) is 21.5. The van der Waals surface area contributed by atoms with Crippen LogP contribution in [0, 0.1) is 5.82 Å². The van der Waals surface area contributed by atoms with E-state index in [4.69, 9.17) is 23.2 Å². The fourth-order valence-electron chi connectivity index (χ4n) is 3.24. The Morgan fingerprint density at radius 1 is 1.03 bits per heavy atom. The second-order valence-corrected chi connectivity index (χ2v) is 7.99. The number of rotatable bonds is 6. The molecule has 6 nitrogen and oxygen atoms in total. The van der Waals surface area contributed by atoms with Crippen LogP contribution in [-0.2, 0) is 12.8 Å².